The van der Waals surface area contributed by atoms with Crippen LogP contribution in [0.25, 0.3) is 20.4 Å². The largest absolute Gasteiger partial charge is 0.399 e. The van der Waals surface area contributed by atoms with Gasteiger partial charge < -0.3 is 16.4 Å². The lowest BCUT2D eigenvalue weighted by Gasteiger charge is -2.22. The average Bonchev–Trinajstić information content (AvgIpc) is 3.44. The molecule has 0 radical (unpaired) electrons. The molecule has 1 fully saturated rings. The summed E-state index contributed by atoms with van der Waals surface area (Å²) in [4.78, 5) is 34.0. The number of carbonyl (C=O) groups excluding carboxylic acids is 2. The van der Waals surface area contributed by atoms with Gasteiger partial charge in [0.25, 0.3) is 0 Å². The molecule has 182 valence electrons. The molecular formula is C24H25N5O2S4. The number of hydrogen-bond acceptors (Lipinski definition) is 9. The van der Waals surface area contributed by atoms with Crippen molar-refractivity contribution >= 4 is 89.8 Å². The van der Waals surface area contributed by atoms with E-state index >= 15 is 0 Å². The first-order valence-electron chi connectivity index (χ1n) is 11.4. The van der Waals surface area contributed by atoms with Crippen LogP contribution in [0, 0.1) is 0 Å². The molecule has 2 aromatic heterocycles. The van der Waals surface area contributed by atoms with Crippen molar-refractivity contribution in [1.82, 2.24) is 15.3 Å². The van der Waals surface area contributed by atoms with E-state index in [1.165, 1.54) is 65.5 Å². The second-order valence-electron chi connectivity index (χ2n) is 8.40. The van der Waals surface area contributed by atoms with Crippen molar-refractivity contribution in [2.75, 3.05) is 22.6 Å². The molecule has 4 aromatic rings. The fraction of sp³-hybridized carbons (Fsp3) is 0.333. The van der Waals surface area contributed by atoms with Gasteiger partial charge in [0.05, 0.1) is 31.9 Å². The molecule has 7 nitrogen and oxygen atoms in total. The molecule has 0 saturated heterocycles. The highest BCUT2D eigenvalue weighted by Crippen LogP contribution is 2.32. The number of aromatic nitrogens is 2. The monoisotopic (exact) mass is 543 g/mol. The Morgan fingerprint density at radius 2 is 1.51 bits per heavy atom. The number of anilines is 2. The fourth-order valence-corrected chi connectivity index (χ4v) is 7.83. The molecule has 2 aromatic carbocycles. The molecule has 11 heteroatoms. The Balaban J connectivity index is 1.13. The molecule has 0 bridgehead atoms. The first-order chi connectivity index (χ1) is 17.0. The van der Waals surface area contributed by atoms with Crippen molar-refractivity contribution in [3.63, 3.8) is 0 Å². The van der Waals surface area contributed by atoms with E-state index in [0.717, 1.165) is 47.6 Å². The van der Waals surface area contributed by atoms with Crippen molar-refractivity contribution in [3.05, 3.63) is 36.4 Å². The molecule has 4 N–H and O–H groups in total. The van der Waals surface area contributed by atoms with Gasteiger partial charge in [0.2, 0.25) is 11.8 Å². The van der Waals surface area contributed by atoms with E-state index in [4.69, 9.17) is 5.73 Å². The van der Waals surface area contributed by atoms with E-state index in [9.17, 15) is 9.59 Å². The highest BCUT2D eigenvalue weighted by Gasteiger charge is 2.16. The predicted octanol–water partition coefficient (Wildman–Crippen LogP) is 5.76. The van der Waals surface area contributed by atoms with E-state index in [-0.39, 0.29) is 17.6 Å². The average molecular weight is 544 g/mol. The Labute approximate surface area is 219 Å². The topological polar surface area (TPSA) is 110 Å². The number of thioether (sulfide) groups is 2. The number of nitrogens with two attached hydrogens (primary N) is 1. The van der Waals surface area contributed by atoms with Gasteiger partial charge in [-0.25, -0.2) is 9.97 Å². The van der Waals surface area contributed by atoms with Gasteiger partial charge in [-0.2, -0.15) is 0 Å². The molecule has 5 rings (SSSR count). The number of nitrogens with one attached hydrogen (secondary N) is 2. The fourth-order valence-electron chi connectivity index (χ4n) is 3.99. The Kier molecular flexibility index (Phi) is 7.76. The summed E-state index contributed by atoms with van der Waals surface area (Å²) >= 11 is 5.95. The van der Waals surface area contributed by atoms with E-state index in [2.05, 4.69) is 20.6 Å². The van der Waals surface area contributed by atoms with Crippen LogP contribution in [0.2, 0.25) is 0 Å². The van der Waals surface area contributed by atoms with Crippen LogP contribution in [0.1, 0.15) is 32.1 Å². The number of nitrogens with zero attached hydrogens (tertiary/aromatic N) is 2. The van der Waals surface area contributed by atoms with Crippen LogP contribution in [0.3, 0.4) is 0 Å². The Hall–Kier alpha value is -2.34. The van der Waals surface area contributed by atoms with Crippen LogP contribution in [-0.4, -0.2) is 39.3 Å². The van der Waals surface area contributed by atoms with Gasteiger partial charge in [0, 0.05) is 17.4 Å². The second kappa shape index (κ2) is 11.2. The van der Waals surface area contributed by atoms with Gasteiger partial charge >= 0.3 is 0 Å². The van der Waals surface area contributed by atoms with Crippen molar-refractivity contribution < 1.29 is 9.59 Å². The molecule has 35 heavy (non-hydrogen) atoms. The van der Waals surface area contributed by atoms with E-state index in [1.54, 1.807) is 0 Å². The van der Waals surface area contributed by atoms with Crippen molar-refractivity contribution in [2.45, 2.75) is 46.8 Å². The maximum atomic E-state index is 12.5. The SMILES string of the molecule is Nc1ccc2nc(SCC(=O)Nc3ccc4nc(SCC(=O)NC5CCCCC5)sc4c3)sc2c1. The van der Waals surface area contributed by atoms with Gasteiger partial charge in [-0.15, -0.1) is 22.7 Å². The van der Waals surface area contributed by atoms with Crippen LogP contribution in [0.5, 0.6) is 0 Å². The number of amides is 2. The first kappa shape index (κ1) is 24.4. The quantitative estimate of drug-likeness (QED) is 0.191. The summed E-state index contributed by atoms with van der Waals surface area (Å²) in [5, 5.41) is 6.10. The Morgan fingerprint density at radius 1 is 0.886 bits per heavy atom. The summed E-state index contributed by atoms with van der Waals surface area (Å²) in [6.07, 6.45) is 5.84. The van der Waals surface area contributed by atoms with Gasteiger partial charge in [0.15, 0.2) is 8.68 Å². The van der Waals surface area contributed by atoms with Crippen molar-refractivity contribution in [3.8, 4) is 0 Å². The third-order valence-electron chi connectivity index (χ3n) is 5.67. The number of nitrogen functional groups attached to an aromatic ring is 1. The molecule has 1 aliphatic carbocycles. The minimum atomic E-state index is -0.0911. The number of hydrogen-bond donors (Lipinski definition) is 3. The summed E-state index contributed by atoms with van der Waals surface area (Å²) in [6.45, 7) is 0. The lowest BCUT2D eigenvalue weighted by Crippen LogP contribution is -2.37. The number of benzene rings is 2. The molecule has 1 saturated carbocycles. The van der Waals surface area contributed by atoms with Gasteiger partial charge in [-0.1, -0.05) is 42.8 Å². The third-order valence-corrected chi connectivity index (χ3v) is 9.99. The standard InChI is InChI=1S/C24H25N5O2S4/c25-14-6-8-17-19(10-14)34-23(28-17)33-13-22(31)27-16-7-9-18-20(11-16)35-24(29-18)32-12-21(30)26-15-4-2-1-3-5-15/h6-11,15H,1-5,12-13,25H2,(H,26,30)(H,27,31). The molecule has 0 unspecified atom stereocenters. The van der Waals surface area contributed by atoms with E-state index in [0.29, 0.717) is 17.5 Å². The molecule has 1 aliphatic rings. The normalized spacial score (nSPS) is 14.4. The third kappa shape index (κ3) is 6.46. The summed E-state index contributed by atoms with van der Waals surface area (Å²) in [6, 6.07) is 11.6. The van der Waals surface area contributed by atoms with Gasteiger partial charge in [-0.3, -0.25) is 9.59 Å². The molecule has 0 spiro atoms. The van der Waals surface area contributed by atoms with Gasteiger partial charge in [-0.05, 0) is 49.2 Å². The van der Waals surface area contributed by atoms with Crippen LogP contribution >= 0.6 is 46.2 Å². The zero-order valence-corrected chi connectivity index (χ0v) is 22.2. The van der Waals surface area contributed by atoms with Crippen LogP contribution < -0.4 is 16.4 Å². The predicted molar refractivity (Wildman–Crippen MR) is 149 cm³/mol. The number of thiazole rings is 2. The second-order valence-corrected chi connectivity index (χ2v) is 12.9. The minimum absolute atomic E-state index is 0.0724. The van der Waals surface area contributed by atoms with E-state index < -0.39 is 0 Å². The maximum Gasteiger partial charge on any atom is 0.234 e. The summed E-state index contributed by atoms with van der Waals surface area (Å²) in [5.74, 6) is 0.623. The minimum Gasteiger partial charge on any atom is -0.399 e. The highest BCUT2D eigenvalue weighted by atomic mass is 32.2. The number of carbonyl (C=O) groups is 2. The van der Waals surface area contributed by atoms with Gasteiger partial charge in [0.1, 0.15) is 0 Å². The maximum absolute atomic E-state index is 12.5. The smallest absolute Gasteiger partial charge is 0.234 e. The Morgan fingerprint density at radius 3 is 2.23 bits per heavy atom. The molecular weight excluding hydrogens is 519 g/mol. The zero-order chi connectivity index (χ0) is 24.2. The van der Waals surface area contributed by atoms with Crippen molar-refractivity contribution in [1.29, 1.82) is 0 Å². The number of fused-ring (bicyclic) bond motifs is 2. The first-order valence-corrected chi connectivity index (χ1v) is 15.0. The zero-order valence-electron chi connectivity index (χ0n) is 18.9. The number of rotatable bonds is 8. The molecule has 0 aliphatic heterocycles. The summed E-state index contributed by atoms with van der Waals surface area (Å²) in [7, 11) is 0. The Bertz CT molecular complexity index is 1360. The molecule has 0 atom stereocenters. The van der Waals surface area contributed by atoms with Crippen LogP contribution in [0.15, 0.2) is 45.1 Å². The van der Waals surface area contributed by atoms with Crippen LogP contribution in [0.4, 0.5) is 11.4 Å². The van der Waals surface area contributed by atoms with Crippen molar-refractivity contribution in [2.24, 2.45) is 0 Å². The van der Waals surface area contributed by atoms with E-state index in [1.807, 2.05) is 36.4 Å². The lowest BCUT2D eigenvalue weighted by molar-refractivity contribution is -0.119. The highest BCUT2D eigenvalue weighted by molar-refractivity contribution is 8.02. The lowest BCUT2D eigenvalue weighted by atomic mass is 9.95. The molecule has 2 amide bonds. The van der Waals surface area contributed by atoms with Crippen LogP contribution in [-0.2, 0) is 9.59 Å². The summed E-state index contributed by atoms with van der Waals surface area (Å²) in [5.41, 5.74) is 9.03. The molecule has 2 heterocycles. The summed E-state index contributed by atoms with van der Waals surface area (Å²) < 4.78 is 3.69.